The largest absolute Gasteiger partial charge is 0.369 e. The van der Waals surface area contributed by atoms with Crippen LogP contribution in [0.3, 0.4) is 0 Å². The van der Waals surface area contributed by atoms with Crippen molar-refractivity contribution in [2.24, 2.45) is 0 Å². The van der Waals surface area contributed by atoms with Gasteiger partial charge in [-0.25, -0.2) is 8.42 Å². The Morgan fingerprint density at radius 1 is 1.07 bits per heavy atom. The van der Waals surface area contributed by atoms with Gasteiger partial charge in [-0.15, -0.1) is 0 Å². The summed E-state index contributed by atoms with van der Waals surface area (Å²) < 4.78 is 28.9. The highest BCUT2D eigenvalue weighted by Gasteiger charge is 2.35. The lowest BCUT2D eigenvalue weighted by Crippen LogP contribution is -2.48. The zero-order valence-corrected chi connectivity index (χ0v) is 18.9. The van der Waals surface area contributed by atoms with Crippen molar-refractivity contribution < 1.29 is 13.2 Å². The van der Waals surface area contributed by atoms with Crippen LogP contribution in [0.1, 0.15) is 19.4 Å². The van der Waals surface area contributed by atoms with Crippen LogP contribution in [0.2, 0.25) is 0 Å². The SMILES string of the molecule is CC(=O)N1c2cc(S(=O)(=O)N3CCN(c4ccccc4)CC3)c(Br)cc2C[C@H]1C. The van der Waals surface area contributed by atoms with E-state index in [2.05, 4.69) is 20.8 Å². The molecule has 2 heterocycles. The summed E-state index contributed by atoms with van der Waals surface area (Å²) >= 11 is 3.46. The average Bonchev–Trinajstić information content (AvgIpc) is 3.02. The number of fused-ring (bicyclic) bond motifs is 1. The molecule has 8 heteroatoms. The maximum absolute atomic E-state index is 13.4. The summed E-state index contributed by atoms with van der Waals surface area (Å²) in [5.41, 5.74) is 2.80. The highest BCUT2D eigenvalue weighted by Crippen LogP contribution is 2.39. The number of piperazine rings is 1. The molecule has 2 aromatic carbocycles. The van der Waals surface area contributed by atoms with Crippen molar-refractivity contribution in [2.45, 2.75) is 31.2 Å². The molecule has 29 heavy (non-hydrogen) atoms. The lowest BCUT2D eigenvalue weighted by Gasteiger charge is -2.35. The zero-order valence-electron chi connectivity index (χ0n) is 16.5. The van der Waals surface area contributed by atoms with E-state index in [1.54, 1.807) is 11.0 Å². The summed E-state index contributed by atoms with van der Waals surface area (Å²) in [5.74, 6) is -0.0709. The van der Waals surface area contributed by atoms with Gasteiger partial charge in [0.15, 0.2) is 0 Å². The van der Waals surface area contributed by atoms with Crippen molar-refractivity contribution in [3.05, 3.63) is 52.5 Å². The summed E-state index contributed by atoms with van der Waals surface area (Å²) in [4.78, 5) is 16.2. The van der Waals surface area contributed by atoms with Gasteiger partial charge in [-0.2, -0.15) is 4.31 Å². The van der Waals surface area contributed by atoms with E-state index >= 15 is 0 Å². The minimum Gasteiger partial charge on any atom is -0.369 e. The van der Waals surface area contributed by atoms with Gasteiger partial charge < -0.3 is 9.80 Å². The van der Waals surface area contributed by atoms with Crippen LogP contribution in [0.4, 0.5) is 11.4 Å². The monoisotopic (exact) mass is 477 g/mol. The van der Waals surface area contributed by atoms with Crippen LogP contribution in [0.15, 0.2) is 51.8 Å². The quantitative estimate of drug-likeness (QED) is 0.680. The van der Waals surface area contributed by atoms with E-state index in [9.17, 15) is 13.2 Å². The van der Waals surface area contributed by atoms with Crippen LogP contribution >= 0.6 is 15.9 Å². The van der Waals surface area contributed by atoms with Gasteiger partial charge in [0.2, 0.25) is 15.9 Å². The van der Waals surface area contributed by atoms with Gasteiger partial charge in [-0.05, 0) is 59.1 Å². The normalized spacial score (nSPS) is 20.0. The Kier molecular flexibility index (Phi) is 5.44. The van der Waals surface area contributed by atoms with E-state index in [1.165, 1.54) is 11.2 Å². The summed E-state index contributed by atoms with van der Waals surface area (Å²) in [5, 5.41) is 0. The number of nitrogens with zero attached hydrogens (tertiary/aromatic N) is 3. The highest BCUT2D eigenvalue weighted by molar-refractivity contribution is 9.10. The molecule has 2 aromatic rings. The number of anilines is 2. The van der Waals surface area contributed by atoms with Gasteiger partial charge in [0, 0.05) is 55.0 Å². The van der Waals surface area contributed by atoms with E-state index in [1.807, 2.05) is 43.3 Å². The van der Waals surface area contributed by atoms with Gasteiger partial charge >= 0.3 is 0 Å². The second-order valence-electron chi connectivity index (χ2n) is 7.58. The van der Waals surface area contributed by atoms with Crippen LogP contribution in [0.5, 0.6) is 0 Å². The van der Waals surface area contributed by atoms with E-state index in [0.29, 0.717) is 36.3 Å². The standard InChI is InChI=1S/C21H24BrN3O3S/c1-15-12-17-13-19(22)21(14-20(17)25(15)16(2)26)29(27,28)24-10-8-23(9-11-24)18-6-4-3-5-7-18/h3-7,13-15H,8-12H2,1-2H3/t15-/m1/s1. The number of carbonyl (C=O) groups excluding carboxylic acids is 1. The van der Waals surface area contributed by atoms with Crippen LogP contribution in [0, 0.1) is 0 Å². The molecule has 0 unspecified atom stereocenters. The fourth-order valence-corrected chi connectivity index (χ4v) is 6.75. The highest BCUT2D eigenvalue weighted by atomic mass is 79.9. The van der Waals surface area contributed by atoms with E-state index in [4.69, 9.17) is 0 Å². The molecule has 1 atom stereocenters. The van der Waals surface area contributed by atoms with Crippen molar-refractivity contribution >= 4 is 43.2 Å². The Balaban J connectivity index is 1.60. The Labute approximate surface area is 180 Å². The predicted molar refractivity (Wildman–Crippen MR) is 118 cm³/mol. The number of para-hydroxylation sites is 1. The number of sulfonamides is 1. The van der Waals surface area contributed by atoms with Crippen molar-refractivity contribution in [1.29, 1.82) is 0 Å². The Morgan fingerprint density at radius 2 is 1.72 bits per heavy atom. The Hall–Kier alpha value is -1.90. The molecule has 4 rings (SSSR count). The fourth-order valence-electron chi connectivity index (χ4n) is 4.26. The molecule has 0 radical (unpaired) electrons. The first-order valence-corrected chi connectivity index (χ1v) is 11.9. The molecule has 0 aliphatic carbocycles. The molecular formula is C21H24BrN3O3S. The number of hydrogen-bond acceptors (Lipinski definition) is 4. The van der Waals surface area contributed by atoms with Crippen LogP contribution < -0.4 is 9.80 Å². The second-order valence-corrected chi connectivity index (χ2v) is 10.3. The number of benzene rings is 2. The molecule has 1 saturated heterocycles. The molecule has 2 aliphatic rings. The van der Waals surface area contributed by atoms with Crippen molar-refractivity contribution in [3.8, 4) is 0 Å². The average molecular weight is 478 g/mol. The Bertz CT molecular complexity index is 1030. The van der Waals surface area contributed by atoms with E-state index in [-0.39, 0.29) is 16.8 Å². The minimum absolute atomic E-state index is 0.0294. The van der Waals surface area contributed by atoms with Gasteiger partial charge in [-0.1, -0.05) is 18.2 Å². The number of rotatable bonds is 3. The third-order valence-corrected chi connectivity index (χ3v) is 8.52. The molecule has 1 fully saturated rings. The van der Waals surface area contributed by atoms with Crippen molar-refractivity contribution in [3.63, 3.8) is 0 Å². The number of hydrogen-bond donors (Lipinski definition) is 0. The first kappa shape index (κ1) is 20.4. The smallest absolute Gasteiger partial charge is 0.244 e. The molecule has 0 N–H and O–H groups in total. The number of halogens is 1. The van der Waals surface area contributed by atoms with Crippen molar-refractivity contribution in [1.82, 2.24) is 4.31 Å². The summed E-state index contributed by atoms with van der Waals surface area (Å²) in [6.45, 7) is 5.63. The lowest BCUT2D eigenvalue weighted by molar-refractivity contribution is -0.116. The van der Waals surface area contributed by atoms with E-state index in [0.717, 1.165) is 17.7 Å². The molecule has 6 nitrogen and oxygen atoms in total. The molecule has 0 saturated carbocycles. The van der Waals surface area contributed by atoms with Gasteiger partial charge in [-0.3, -0.25) is 4.79 Å². The third kappa shape index (κ3) is 3.69. The van der Waals surface area contributed by atoms with E-state index < -0.39 is 10.0 Å². The van der Waals surface area contributed by atoms with Gasteiger partial charge in [0.1, 0.15) is 0 Å². The van der Waals surface area contributed by atoms with Crippen LogP contribution in [-0.4, -0.2) is 50.9 Å². The predicted octanol–water partition coefficient (Wildman–Crippen LogP) is 3.26. The first-order chi connectivity index (χ1) is 13.8. The topological polar surface area (TPSA) is 60.9 Å². The lowest BCUT2D eigenvalue weighted by atomic mass is 10.1. The summed E-state index contributed by atoms with van der Waals surface area (Å²) in [7, 11) is -3.66. The van der Waals surface area contributed by atoms with Gasteiger partial charge in [0.05, 0.1) is 4.90 Å². The summed E-state index contributed by atoms with van der Waals surface area (Å²) in [6.07, 6.45) is 0.726. The number of amides is 1. The number of carbonyl (C=O) groups is 1. The summed E-state index contributed by atoms with van der Waals surface area (Å²) in [6, 6.07) is 13.6. The molecule has 0 spiro atoms. The second kappa shape index (κ2) is 7.74. The maximum atomic E-state index is 13.4. The molecule has 2 aliphatic heterocycles. The van der Waals surface area contributed by atoms with Crippen molar-refractivity contribution in [2.75, 3.05) is 36.0 Å². The van der Waals surface area contributed by atoms with Crippen LogP contribution in [-0.2, 0) is 21.2 Å². The molecule has 1 amide bonds. The molecule has 154 valence electrons. The minimum atomic E-state index is -3.66. The molecular weight excluding hydrogens is 454 g/mol. The Morgan fingerprint density at radius 3 is 2.34 bits per heavy atom. The fraction of sp³-hybridized carbons (Fsp3) is 0.381. The third-order valence-electron chi connectivity index (χ3n) is 5.67. The van der Waals surface area contributed by atoms with Crippen LogP contribution in [0.25, 0.3) is 0 Å². The molecule has 0 aromatic heterocycles. The maximum Gasteiger partial charge on any atom is 0.244 e. The zero-order chi connectivity index (χ0) is 20.8. The first-order valence-electron chi connectivity index (χ1n) is 9.71. The molecule has 0 bridgehead atoms. The van der Waals surface area contributed by atoms with Gasteiger partial charge in [0.25, 0.3) is 0 Å².